The summed E-state index contributed by atoms with van der Waals surface area (Å²) in [4.78, 5) is 15.1. The summed E-state index contributed by atoms with van der Waals surface area (Å²) in [6, 6.07) is 15.2. The summed E-state index contributed by atoms with van der Waals surface area (Å²) in [5, 5.41) is 18.0. The average Bonchev–Trinajstić information content (AvgIpc) is 3.01. The number of rotatable bonds is 5. The van der Waals surface area contributed by atoms with Gasteiger partial charge in [-0.2, -0.15) is 10.5 Å². The van der Waals surface area contributed by atoms with Gasteiger partial charge in [-0.15, -0.1) is 11.3 Å². The molecule has 1 amide bonds. The van der Waals surface area contributed by atoms with Crippen LogP contribution in [-0.2, 0) is 4.79 Å². The molecule has 0 spiro atoms. The van der Waals surface area contributed by atoms with E-state index in [4.69, 9.17) is 22.1 Å². The summed E-state index contributed by atoms with van der Waals surface area (Å²) >= 11 is 7.52. The molecule has 0 saturated carbocycles. The maximum absolute atomic E-state index is 11.9. The monoisotopic (exact) mass is 341 g/mol. The average molecular weight is 342 g/mol. The predicted molar refractivity (Wildman–Crippen MR) is 91.6 cm³/mol. The number of hydrogen-bond donors (Lipinski definition) is 0. The van der Waals surface area contributed by atoms with Crippen LogP contribution in [0.5, 0.6) is 0 Å². The summed E-state index contributed by atoms with van der Waals surface area (Å²) in [6.07, 6.45) is 3.06. The van der Waals surface area contributed by atoms with Crippen LogP contribution in [-0.4, -0.2) is 23.9 Å². The van der Waals surface area contributed by atoms with E-state index in [0.29, 0.717) is 5.02 Å². The minimum atomic E-state index is -0.356. The fourth-order valence-electron chi connectivity index (χ4n) is 1.88. The van der Waals surface area contributed by atoms with Crippen LogP contribution < -0.4 is 0 Å². The third-order valence-corrected chi connectivity index (χ3v) is 4.30. The number of halogens is 1. The van der Waals surface area contributed by atoms with Crippen molar-refractivity contribution in [3.05, 3.63) is 52.4 Å². The molecule has 0 aliphatic rings. The molecule has 6 heteroatoms. The van der Waals surface area contributed by atoms with Crippen molar-refractivity contribution in [3.8, 4) is 22.6 Å². The van der Waals surface area contributed by atoms with Gasteiger partial charge in [-0.25, -0.2) is 0 Å². The van der Waals surface area contributed by atoms with E-state index in [-0.39, 0.29) is 19.0 Å². The van der Waals surface area contributed by atoms with Gasteiger partial charge in [0.25, 0.3) is 0 Å². The summed E-state index contributed by atoms with van der Waals surface area (Å²) in [6.45, 7) is -0.204. The van der Waals surface area contributed by atoms with Gasteiger partial charge in [0, 0.05) is 20.9 Å². The van der Waals surface area contributed by atoms with Gasteiger partial charge in [-0.05, 0) is 35.9 Å². The predicted octanol–water partition coefficient (Wildman–Crippen LogP) is 3.96. The number of nitriles is 2. The van der Waals surface area contributed by atoms with Crippen molar-refractivity contribution in [1.29, 1.82) is 10.5 Å². The number of carbonyl (C=O) groups is 1. The van der Waals surface area contributed by atoms with E-state index in [0.717, 1.165) is 15.3 Å². The second-order valence-corrected chi connectivity index (χ2v) is 6.11. The first kappa shape index (κ1) is 16.8. The van der Waals surface area contributed by atoms with Crippen molar-refractivity contribution < 1.29 is 4.79 Å². The van der Waals surface area contributed by atoms with Crippen LogP contribution in [0, 0.1) is 22.7 Å². The van der Waals surface area contributed by atoms with Crippen LogP contribution in [0.4, 0.5) is 0 Å². The molecular formula is C17H12ClN3OS. The molecule has 0 unspecified atom stereocenters. The molecule has 1 aromatic heterocycles. The number of thiophene rings is 1. The van der Waals surface area contributed by atoms with Crippen LogP contribution >= 0.6 is 22.9 Å². The van der Waals surface area contributed by atoms with Crippen molar-refractivity contribution in [2.45, 2.75) is 0 Å². The largest absolute Gasteiger partial charge is 0.313 e. The Morgan fingerprint density at radius 2 is 1.96 bits per heavy atom. The molecule has 23 heavy (non-hydrogen) atoms. The lowest BCUT2D eigenvalue weighted by molar-refractivity contribution is -0.124. The standard InChI is InChI=1S/C17H12ClN3OS/c18-14-3-1-2-13(12-14)16-6-4-15(23-16)5-7-17(22)21(10-8-19)11-9-20/h1-7,12H,10-11H2/b7-5+. The number of carbonyl (C=O) groups excluding carboxylic acids is 1. The van der Waals surface area contributed by atoms with Gasteiger partial charge >= 0.3 is 0 Å². The Kier molecular flexibility index (Phi) is 5.94. The summed E-state index contributed by atoms with van der Waals surface area (Å²) < 4.78 is 0. The second kappa shape index (κ2) is 8.14. The lowest BCUT2D eigenvalue weighted by Crippen LogP contribution is -2.30. The molecule has 0 bridgehead atoms. The highest BCUT2D eigenvalue weighted by molar-refractivity contribution is 7.16. The van der Waals surface area contributed by atoms with E-state index in [1.54, 1.807) is 6.08 Å². The van der Waals surface area contributed by atoms with Gasteiger partial charge in [0.15, 0.2) is 0 Å². The Morgan fingerprint density at radius 1 is 1.22 bits per heavy atom. The fraction of sp³-hybridized carbons (Fsp3) is 0.118. The van der Waals surface area contributed by atoms with Crippen LogP contribution in [0.15, 0.2) is 42.5 Å². The molecule has 0 aliphatic carbocycles. The molecule has 2 aromatic rings. The SMILES string of the molecule is N#CCN(CC#N)C(=O)/C=C/c1ccc(-c2cccc(Cl)c2)s1. The molecule has 0 fully saturated rings. The van der Waals surface area contributed by atoms with Gasteiger partial charge < -0.3 is 4.90 Å². The number of benzene rings is 1. The molecule has 0 aliphatic heterocycles. The van der Waals surface area contributed by atoms with Crippen molar-refractivity contribution in [2.75, 3.05) is 13.1 Å². The first-order valence-corrected chi connectivity index (χ1v) is 7.90. The molecule has 4 nitrogen and oxygen atoms in total. The third-order valence-electron chi connectivity index (χ3n) is 2.96. The molecule has 1 aromatic carbocycles. The number of hydrogen-bond acceptors (Lipinski definition) is 4. The molecule has 1 heterocycles. The highest BCUT2D eigenvalue weighted by atomic mass is 35.5. The van der Waals surface area contributed by atoms with Crippen molar-refractivity contribution in [1.82, 2.24) is 4.90 Å². The van der Waals surface area contributed by atoms with Crippen molar-refractivity contribution in [3.63, 3.8) is 0 Å². The first-order valence-electron chi connectivity index (χ1n) is 6.70. The zero-order valence-corrected chi connectivity index (χ0v) is 13.6. The van der Waals surface area contributed by atoms with E-state index in [9.17, 15) is 4.79 Å². The highest BCUT2D eigenvalue weighted by Crippen LogP contribution is 2.30. The topological polar surface area (TPSA) is 67.9 Å². The van der Waals surface area contributed by atoms with Gasteiger partial charge in [0.05, 0.1) is 12.1 Å². The van der Waals surface area contributed by atoms with Crippen molar-refractivity contribution in [2.24, 2.45) is 0 Å². The summed E-state index contributed by atoms with van der Waals surface area (Å²) in [5.74, 6) is -0.356. The van der Waals surface area contributed by atoms with Crippen LogP contribution in [0.25, 0.3) is 16.5 Å². The maximum atomic E-state index is 11.9. The lowest BCUT2D eigenvalue weighted by Gasteiger charge is -2.12. The summed E-state index contributed by atoms with van der Waals surface area (Å²) in [5.41, 5.74) is 1.02. The zero-order valence-electron chi connectivity index (χ0n) is 12.1. The highest BCUT2D eigenvalue weighted by Gasteiger charge is 2.09. The smallest absolute Gasteiger partial charge is 0.248 e. The van der Waals surface area contributed by atoms with Crippen LogP contribution in [0.1, 0.15) is 4.88 Å². The molecule has 0 N–H and O–H groups in total. The summed E-state index contributed by atoms with van der Waals surface area (Å²) in [7, 11) is 0. The molecule has 0 radical (unpaired) electrons. The Bertz CT molecular complexity index is 798. The molecular weight excluding hydrogens is 330 g/mol. The van der Waals surface area contributed by atoms with E-state index < -0.39 is 0 Å². The minimum Gasteiger partial charge on any atom is -0.313 e. The fourth-order valence-corrected chi connectivity index (χ4v) is 2.98. The van der Waals surface area contributed by atoms with Gasteiger partial charge in [0.1, 0.15) is 13.1 Å². The lowest BCUT2D eigenvalue weighted by atomic mass is 10.2. The van der Waals surface area contributed by atoms with E-state index in [1.165, 1.54) is 22.3 Å². The Hall–Kier alpha value is -2.60. The Balaban J connectivity index is 2.11. The van der Waals surface area contributed by atoms with Crippen LogP contribution in [0.3, 0.4) is 0 Å². The molecule has 114 valence electrons. The Morgan fingerprint density at radius 3 is 2.61 bits per heavy atom. The van der Waals surface area contributed by atoms with Gasteiger partial charge in [0.2, 0.25) is 5.91 Å². The maximum Gasteiger partial charge on any atom is 0.248 e. The van der Waals surface area contributed by atoms with E-state index >= 15 is 0 Å². The quantitative estimate of drug-likeness (QED) is 0.610. The van der Waals surface area contributed by atoms with Gasteiger partial charge in [-0.3, -0.25) is 4.79 Å². The number of nitrogens with zero attached hydrogens (tertiary/aromatic N) is 3. The normalized spacial score (nSPS) is 10.2. The number of amides is 1. The molecule has 0 atom stereocenters. The van der Waals surface area contributed by atoms with E-state index in [2.05, 4.69) is 0 Å². The Labute approximate surface area is 143 Å². The molecule has 2 rings (SSSR count). The zero-order chi connectivity index (χ0) is 16.7. The van der Waals surface area contributed by atoms with Crippen LogP contribution in [0.2, 0.25) is 5.02 Å². The van der Waals surface area contributed by atoms with Crippen molar-refractivity contribution >= 4 is 34.9 Å². The van der Waals surface area contributed by atoms with Gasteiger partial charge in [-0.1, -0.05) is 23.7 Å². The minimum absolute atomic E-state index is 0.102. The van der Waals surface area contributed by atoms with E-state index in [1.807, 2.05) is 48.5 Å². The second-order valence-electron chi connectivity index (χ2n) is 4.56. The molecule has 0 saturated heterocycles. The first-order chi connectivity index (χ1) is 11.1. The third kappa shape index (κ3) is 4.69.